The molecule has 2 aromatic heterocycles. The second kappa shape index (κ2) is 10.0. The highest BCUT2D eigenvalue weighted by molar-refractivity contribution is 5.94. The maximum atomic E-state index is 9.19. The van der Waals surface area contributed by atoms with E-state index in [0.29, 0.717) is 47.7 Å². The molecule has 0 aliphatic carbocycles. The minimum absolute atomic E-state index is 0.0287. The SMILES string of the molecule is CCC(C)(C)Nc1nc(NCCO)nc2c(NC(C)(C)CC)nc(NCCO)nc12. The van der Waals surface area contributed by atoms with Gasteiger partial charge in [-0.25, -0.2) is 9.97 Å². The van der Waals surface area contributed by atoms with Crippen molar-refractivity contribution in [3.63, 3.8) is 0 Å². The van der Waals surface area contributed by atoms with Crippen LogP contribution in [0.25, 0.3) is 11.0 Å². The van der Waals surface area contributed by atoms with E-state index in [2.05, 4.69) is 82.7 Å². The van der Waals surface area contributed by atoms with E-state index in [1.807, 2.05) is 0 Å². The second-order valence-electron chi connectivity index (χ2n) is 8.51. The van der Waals surface area contributed by atoms with Crippen LogP contribution in [0.2, 0.25) is 0 Å². The van der Waals surface area contributed by atoms with Crippen molar-refractivity contribution >= 4 is 34.6 Å². The first kappa shape index (κ1) is 23.8. The Hall–Kier alpha value is -2.46. The summed E-state index contributed by atoms with van der Waals surface area (Å²) >= 11 is 0. The van der Waals surface area contributed by atoms with E-state index in [9.17, 15) is 10.2 Å². The molecule has 10 heteroatoms. The van der Waals surface area contributed by atoms with E-state index in [0.717, 1.165) is 12.8 Å². The molecule has 2 heterocycles. The van der Waals surface area contributed by atoms with Crippen molar-refractivity contribution in [2.24, 2.45) is 0 Å². The minimum atomic E-state index is -0.213. The highest BCUT2D eigenvalue weighted by atomic mass is 16.3. The van der Waals surface area contributed by atoms with Crippen LogP contribution in [0.5, 0.6) is 0 Å². The van der Waals surface area contributed by atoms with Gasteiger partial charge < -0.3 is 31.5 Å². The number of rotatable bonds is 12. The molecule has 2 aromatic rings. The number of aliphatic hydroxyl groups is 2. The van der Waals surface area contributed by atoms with Gasteiger partial charge in [0.25, 0.3) is 0 Å². The number of anilines is 4. The largest absolute Gasteiger partial charge is 0.395 e. The van der Waals surface area contributed by atoms with Crippen LogP contribution in [-0.4, -0.2) is 67.5 Å². The summed E-state index contributed by atoms with van der Waals surface area (Å²) in [6.07, 6.45) is 1.76. The third-order valence-corrected chi connectivity index (χ3v) is 5.01. The Balaban J connectivity index is 2.70. The zero-order valence-electron chi connectivity index (χ0n) is 18.9. The lowest BCUT2D eigenvalue weighted by Crippen LogP contribution is -2.32. The normalized spacial score (nSPS) is 12.1. The predicted molar refractivity (Wildman–Crippen MR) is 122 cm³/mol. The van der Waals surface area contributed by atoms with E-state index >= 15 is 0 Å². The molecule has 0 atom stereocenters. The average molecular weight is 421 g/mol. The Morgan fingerprint density at radius 1 is 0.667 bits per heavy atom. The molecule has 0 saturated heterocycles. The van der Waals surface area contributed by atoms with Gasteiger partial charge in [-0.2, -0.15) is 9.97 Å². The molecular weight excluding hydrogens is 384 g/mol. The summed E-state index contributed by atoms with van der Waals surface area (Å²) in [6, 6.07) is 0. The number of fused-ring (bicyclic) bond motifs is 1. The molecule has 0 radical (unpaired) electrons. The van der Waals surface area contributed by atoms with Crippen molar-refractivity contribution in [1.82, 2.24) is 19.9 Å². The van der Waals surface area contributed by atoms with Crippen LogP contribution in [0.1, 0.15) is 54.4 Å². The van der Waals surface area contributed by atoms with E-state index in [4.69, 9.17) is 0 Å². The highest BCUT2D eigenvalue weighted by Crippen LogP contribution is 2.31. The second-order valence-corrected chi connectivity index (χ2v) is 8.51. The lowest BCUT2D eigenvalue weighted by molar-refractivity contribution is 0.310. The third kappa shape index (κ3) is 6.27. The Kier molecular flexibility index (Phi) is 7.96. The van der Waals surface area contributed by atoms with Crippen LogP contribution in [0.15, 0.2) is 0 Å². The summed E-state index contributed by atoms with van der Waals surface area (Å²) < 4.78 is 0. The summed E-state index contributed by atoms with van der Waals surface area (Å²) in [4.78, 5) is 18.5. The van der Waals surface area contributed by atoms with Crippen molar-refractivity contribution < 1.29 is 10.2 Å². The molecular formula is C20H36N8O2. The zero-order chi connectivity index (χ0) is 22.4. The summed E-state index contributed by atoms with van der Waals surface area (Å²) in [5.74, 6) is 1.95. The highest BCUT2D eigenvalue weighted by Gasteiger charge is 2.24. The zero-order valence-corrected chi connectivity index (χ0v) is 18.9. The first-order chi connectivity index (χ1) is 14.1. The topological polar surface area (TPSA) is 140 Å². The summed E-state index contributed by atoms with van der Waals surface area (Å²) in [5.41, 5.74) is 0.733. The van der Waals surface area contributed by atoms with Crippen molar-refractivity contribution in [3.8, 4) is 0 Å². The maximum Gasteiger partial charge on any atom is 0.225 e. The molecule has 0 saturated carbocycles. The quantitative estimate of drug-likeness (QED) is 0.303. The lowest BCUT2D eigenvalue weighted by atomic mass is 10.0. The number of hydrogen-bond acceptors (Lipinski definition) is 10. The number of nitrogens with one attached hydrogen (secondary N) is 4. The van der Waals surface area contributed by atoms with Crippen LogP contribution >= 0.6 is 0 Å². The van der Waals surface area contributed by atoms with Gasteiger partial charge in [0, 0.05) is 24.2 Å². The van der Waals surface area contributed by atoms with Gasteiger partial charge in [0.05, 0.1) is 13.2 Å². The molecule has 0 spiro atoms. The van der Waals surface area contributed by atoms with Gasteiger partial charge >= 0.3 is 0 Å². The van der Waals surface area contributed by atoms with E-state index in [1.165, 1.54) is 0 Å². The van der Waals surface area contributed by atoms with Crippen molar-refractivity contribution in [1.29, 1.82) is 0 Å². The fourth-order valence-corrected chi connectivity index (χ4v) is 2.50. The summed E-state index contributed by atoms with van der Waals surface area (Å²) in [7, 11) is 0. The lowest BCUT2D eigenvalue weighted by Gasteiger charge is -2.28. The van der Waals surface area contributed by atoms with Gasteiger partial charge in [0.1, 0.15) is 11.0 Å². The molecule has 0 aliphatic rings. The van der Waals surface area contributed by atoms with Crippen LogP contribution < -0.4 is 21.3 Å². The van der Waals surface area contributed by atoms with E-state index in [-0.39, 0.29) is 24.3 Å². The Morgan fingerprint density at radius 3 is 1.33 bits per heavy atom. The molecule has 2 rings (SSSR count). The van der Waals surface area contributed by atoms with Crippen molar-refractivity contribution in [2.75, 3.05) is 47.6 Å². The van der Waals surface area contributed by atoms with Crippen LogP contribution in [-0.2, 0) is 0 Å². The number of aliphatic hydroxyl groups excluding tert-OH is 2. The van der Waals surface area contributed by atoms with E-state index < -0.39 is 0 Å². The number of aromatic nitrogens is 4. The number of hydrogen-bond donors (Lipinski definition) is 6. The Morgan fingerprint density at radius 2 is 1.03 bits per heavy atom. The predicted octanol–water partition coefficient (Wildman–Crippen LogP) is 2.43. The van der Waals surface area contributed by atoms with Gasteiger partial charge in [-0.3, -0.25) is 0 Å². The van der Waals surface area contributed by atoms with Gasteiger partial charge in [-0.15, -0.1) is 0 Å². The fraction of sp³-hybridized carbons (Fsp3) is 0.700. The van der Waals surface area contributed by atoms with Gasteiger partial charge in [0.15, 0.2) is 11.6 Å². The van der Waals surface area contributed by atoms with Gasteiger partial charge in [-0.05, 0) is 40.5 Å². The maximum absolute atomic E-state index is 9.19. The first-order valence-corrected chi connectivity index (χ1v) is 10.5. The average Bonchev–Trinajstić information content (AvgIpc) is 2.70. The molecule has 0 unspecified atom stereocenters. The molecule has 6 N–H and O–H groups in total. The molecule has 0 amide bonds. The van der Waals surface area contributed by atoms with Crippen molar-refractivity contribution in [3.05, 3.63) is 0 Å². The molecule has 0 fully saturated rings. The van der Waals surface area contributed by atoms with E-state index in [1.54, 1.807) is 0 Å². The van der Waals surface area contributed by atoms with Crippen molar-refractivity contribution in [2.45, 2.75) is 65.5 Å². The first-order valence-electron chi connectivity index (χ1n) is 10.5. The molecule has 0 aromatic carbocycles. The minimum Gasteiger partial charge on any atom is -0.395 e. The summed E-state index contributed by atoms with van der Waals surface area (Å²) in [5, 5.41) is 31.4. The Labute approximate surface area is 178 Å². The smallest absolute Gasteiger partial charge is 0.225 e. The molecule has 30 heavy (non-hydrogen) atoms. The molecule has 0 bridgehead atoms. The van der Waals surface area contributed by atoms with Crippen LogP contribution in [0.3, 0.4) is 0 Å². The van der Waals surface area contributed by atoms with Gasteiger partial charge in [-0.1, -0.05) is 13.8 Å². The van der Waals surface area contributed by atoms with Crippen LogP contribution in [0.4, 0.5) is 23.5 Å². The molecule has 168 valence electrons. The number of nitrogens with zero attached hydrogens (tertiary/aromatic N) is 4. The Bertz CT molecular complexity index is 772. The standard InChI is InChI=1S/C20H36N8O2/c1-7-19(3,4)27-15-13-14(24-17(25-15)21-9-11-29)16(28-20(5,6)8-2)26-18(23-13)22-10-12-30/h29-30H,7-12H2,1-6H3,(H2,21,24,25,27)(H2,22,23,26,28). The fourth-order valence-electron chi connectivity index (χ4n) is 2.50. The molecule has 0 aliphatic heterocycles. The van der Waals surface area contributed by atoms with Crippen LogP contribution in [0, 0.1) is 0 Å². The van der Waals surface area contributed by atoms with Gasteiger partial charge in [0.2, 0.25) is 11.9 Å². The molecule has 10 nitrogen and oxygen atoms in total. The third-order valence-electron chi connectivity index (χ3n) is 5.01. The summed E-state index contributed by atoms with van der Waals surface area (Å²) in [6.45, 7) is 13.2. The monoisotopic (exact) mass is 420 g/mol.